The van der Waals surface area contributed by atoms with Crippen molar-refractivity contribution in [1.82, 2.24) is 9.97 Å². The van der Waals surface area contributed by atoms with Crippen LogP contribution in [0.3, 0.4) is 0 Å². The Morgan fingerprint density at radius 1 is 1.00 bits per heavy atom. The fourth-order valence-corrected chi connectivity index (χ4v) is 2.95. The number of fused-ring (bicyclic) bond motifs is 1. The summed E-state index contributed by atoms with van der Waals surface area (Å²) in [5.41, 5.74) is 4.26. The minimum atomic E-state index is 0.365. The highest BCUT2D eigenvalue weighted by Crippen LogP contribution is 2.26. The number of ketones is 1. The third-order valence-electron chi connectivity index (χ3n) is 4.20. The van der Waals surface area contributed by atoms with Crippen LogP contribution in [0.15, 0.2) is 48.5 Å². The highest BCUT2D eigenvalue weighted by atomic mass is 16.1. The molecule has 4 nitrogen and oxygen atoms in total. The van der Waals surface area contributed by atoms with Crippen molar-refractivity contribution in [3.8, 4) is 11.4 Å². The smallest absolute Gasteiger partial charge is 0.138 e. The summed E-state index contributed by atoms with van der Waals surface area (Å²) in [6.07, 6.45) is 1.30. The van der Waals surface area contributed by atoms with E-state index in [1.165, 1.54) is 0 Å². The van der Waals surface area contributed by atoms with Crippen LogP contribution < -0.4 is 4.90 Å². The van der Waals surface area contributed by atoms with Crippen LogP contribution in [-0.2, 0) is 4.79 Å². The van der Waals surface area contributed by atoms with Crippen molar-refractivity contribution >= 4 is 22.5 Å². The average Bonchev–Trinajstić information content (AvgIpc) is 3.00. The number of anilines is 1. The van der Waals surface area contributed by atoms with Crippen molar-refractivity contribution in [2.75, 3.05) is 18.0 Å². The predicted molar refractivity (Wildman–Crippen MR) is 88.0 cm³/mol. The first kappa shape index (κ1) is 13.1. The zero-order valence-electron chi connectivity index (χ0n) is 12.2. The van der Waals surface area contributed by atoms with E-state index in [0.29, 0.717) is 18.6 Å². The Morgan fingerprint density at radius 3 is 2.64 bits per heavy atom. The van der Waals surface area contributed by atoms with Crippen LogP contribution in [0.5, 0.6) is 0 Å². The van der Waals surface area contributed by atoms with Crippen molar-refractivity contribution in [3.63, 3.8) is 0 Å². The zero-order chi connectivity index (χ0) is 14.9. The van der Waals surface area contributed by atoms with Crippen LogP contribution >= 0.6 is 0 Å². The molecule has 4 rings (SSSR count). The zero-order valence-corrected chi connectivity index (χ0v) is 12.2. The van der Waals surface area contributed by atoms with Gasteiger partial charge in [-0.3, -0.25) is 4.79 Å². The second kappa shape index (κ2) is 5.30. The fraction of sp³-hybridized carbons (Fsp3) is 0.222. The Labute approximate surface area is 128 Å². The van der Waals surface area contributed by atoms with Crippen molar-refractivity contribution in [3.05, 3.63) is 48.5 Å². The number of benzene rings is 2. The van der Waals surface area contributed by atoms with Crippen molar-refractivity contribution in [2.45, 2.75) is 12.8 Å². The summed E-state index contributed by atoms with van der Waals surface area (Å²) < 4.78 is 0. The molecule has 1 aromatic heterocycles. The van der Waals surface area contributed by atoms with E-state index in [9.17, 15) is 4.79 Å². The quantitative estimate of drug-likeness (QED) is 0.787. The number of H-pyrrole nitrogens is 1. The van der Waals surface area contributed by atoms with Gasteiger partial charge in [0, 0.05) is 37.2 Å². The Bertz CT molecular complexity index is 794. The number of nitrogens with one attached hydrogen (secondary N) is 1. The molecule has 0 amide bonds. The molecule has 22 heavy (non-hydrogen) atoms. The fourth-order valence-electron chi connectivity index (χ4n) is 2.95. The van der Waals surface area contributed by atoms with Crippen LogP contribution in [-0.4, -0.2) is 28.8 Å². The SMILES string of the molecule is O=C1CCN(c2cccc(-c3nc4ccccc4[nH]3)c2)CC1. The Kier molecular flexibility index (Phi) is 3.15. The lowest BCUT2D eigenvalue weighted by Gasteiger charge is -2.28. The van der Waals surface area contributed by atoms with Gasteiger partial charge in [0.1, 0.15) is 11.6 Å². The van der Waals surface area contributed by atoms with Gasteiger partial charge in [0.2, 0.25) is 0 Å². The highest BCUT2D eigenvalue weighted by Gasteiger charge is 2.17. The maximum Gasteiger partial charge on any atom is 0.138 e. The molecule has 4 heteroatoms. The Balaban J connectivity index is 1.67. The molecule has 1 saturated heterocycles. The summed E-state index contributed by atoms with van der Waals surface area (Å²) in [4.78, 5) is 21.7. The molecule has 0 spiro atoms. The number of rotatable bonds is 2. The number of para-hydroxylation sites is 2. The Morgan fingerprint density at radius 2 is 1.82 bits per heavy atom. The maximum atomic E-state index is 11.4. The lowest BCUT2D eigenvalue weighted by Crippen LogP contribution is -2.33. The van der Waals surface area contributed by atoms with E-state index in [4.69, 9.17) is 0 Å². The van der Waals surface area contributed by atoms with E-state index in [1.54, 1.807) is 0 Å². The van der Waals surface area contributed by atoms with Gasteiger partial charge in [-0.25, -0.2) is 4.98 Å². The molecule has 1 aliphatic rings. The molecule has 1 fully saturated rings. The van der Waals surface area contributed by atoms with E-state index in [0.717, 1.165) is 41.2 Å². The first-order chi connectivity index (χ1) is 10.8. The van der Waals surface area contributed by atoms with Gasteiger partial charge >= 0.3 is 0 Å². The summed E-state index contributed by atoms with van der Waals surface area (Å²) in [7, 11) is 0. The number of aromatic nitrogens is 2. The molecule has 0 unspecified atom stereocenters. The maximum absolute atomic E-state index is 11.4. The normalized spacial score (nSPS) is 15.5. The average molecular weight is 291 g/mol. The van der Waals surface area contributed by atoms with Gasteiger partial charge in [-0.15, -0.1) is 0 Å². The first-order valence-corrected chi connectivity index (χ1v) is 7.61. The van der Waals surface area contributed by atoms with E-state index in [2.05, 4.69) is 33.1 Å². The van der Waals surface area contributed by atoms with Crippen LogP contribution in [0.2, 0.25) is 0 Å². The molecule has 110 valence electrons. The predicted octanol–water partition coefficient (Wildman–Crippen LogP) is 3.40. The molecule has 3 aromatic rings. The Hall–Kier alpha value is -2.62. The van der Waals surface area contributed by atoms with Gasteiger partial charge < -0.3 is 9.88 Å². The molecule has 0 atom stereocenters. The van der Waals surface area contributed by atoms with Crippen LogP contribution in [0.4, 0.5) is 5.69 Å². The van der Waals surface area contributed by atoms with Crippen molar-refractivity contribution in [2.24, 2.45) is 0 Å². The minimum Gasteiger partial charge on any atom is -0.371 e. The molecule has 0 radical (unpaired) electrons. The van der Waals surface area contributed by atoms with E-state index in [-0.39, 0.29) is 0 Å². The van der Waals surface area contributed by atoms with Crippen molar-refractivity contribution < 1.29 is 4.79 Å². The van der Waals surface area contributed by atoms with Gasteiger partial charge in [-0.2, -0.15) is 0 Å². The molecular weight excluding hydrogens is 274 g/mol. The molecule has 0 saturated carbocycles. The highest BCUT2D eigenvalue weighted by molar-refractivity contribution is 5.82. The topological polar surface area (TPSA) is 49.0 Å². The third kappa shape index (κ3) is 2.37. The molecular formula is C18H17N3O. The molecule has 2 aromatic carbocycles. The van der Waals surface area contributed by atoms with Crippen LogP contribution in [0.1, 0.15) is 12.8 Å². The lowest BCUT2D eigenvalue weighted by molar-refractivity contribution is -0.119. The van der Waals surface area contributed by atoms with E-state index >= 15 is 0 Å². The number of piperidine rings is 1. The van der Waals surface area contributed by atoms with Gasteiger partial charge in [0.25, 0.3) is 0 Å². The molecule has 0 bridgehead atoms. The number of aromatic amines is 1. The number of carbonyl (C=O) groups excluding carboxylic acids is 1. The third-order valence-corrected chi connectivity index (χ3v) is 4.20. The molecule has 2 heterocycles. The molecule has 1 N–H and O–H groups in total. The lowest BCUT2D eigenvalue weighted by atomic mass is 10.1. The monoisotopic (exact) mass is 291 g/mol. The number of carbonyl (C=O) groups is 1. The van der Waals surface area contributed by atoms with Gasteiger partial charge in [0.05, 0.1) is 11.0 Å². The van der Waals surface area contributed by atoms with E-state index in [1.807, 2.05) is 30.3 Å². The second-order valence-corrected chi connectivity index (χ2v) is 5.68. The minimum absolute atomic E-state index is 0.365. The first-order valence-electron chi connectivity index (χ1n) is 7.61. The van der Waals surface area contributed by atoms with Gasteiger partial charge in [-0.1, -0.05) is 24.3 Å². The largest absolute Gasteiger partial charge is 0.371 e. The second-order valence-electron chi connectivity index (χ2n) is 5.68. The number of nitrogens with zero attached hydrogens (tertiary/aromatic N) is 2. The van der Waals surface area contributed by atoms with Crippen LogP contribution in [0, 0.1) is 0 Å². The summed E-state index contributed by atoms with van der Waals surface area (Å²) in [6, 6.07) is 16.4. The standard InChI is InChI=1S/C18H17N3O/c22-15-8-10-21(11-9-15)14-5-3-4-13(12-14)18-19-16-6-1-2-7-17(16)20-18/h1-7,12H,8-11H2,(H,19,20). The summed E-state index contributed by atoms with van der Waals surface area (Å²) in [5.74, 6) is 1.25. The summed E-state index contributed by atoms with van der Waals surface area (Å²) >= 11 is 0. The molecule has 0 aliphatic carbocycles. The number of hydrogen-bond acceptors (Lipinski definition) is 3. The van der Waals surface area contributed by atoms with Gasteiger partial charge in [-0.05, 0) is 24.3 Å². The number of Topliss-reactive ketones (excluding diaryl/α,β-unsaturated/α-hetero) is 1. The summed E-state index contributed by atoms with van der Waals surface area (Å²) in [6.45, 7) is 1.62. The van der Waals surface area contributed by atoms with E-state index < -0.39 is 0 Å². The molecule has 1 aliphatic heterocycles. The summed E-state index contributed by atoms with van der Waals surface area (Å²) in [5, 5.41) is 0. The van der Waals surface area contributed by atoms with Crippen LogP contribution in [0.25, 0.3) is 22.4 Å². The number of hydrogen-bond donors (Lipinski definition) is 1. The van der Waals surface area contributed by atoms with Gasteiger partial charge in [0.15, 0.2) is 0 Å². The van der Waals surface area contributed by atoms with Crippen molar-refractivity contribution in [1.29, 1.82) is 0 Å². The number of imidazole rings is 1.